The van der Waals surface area contributed by atoms with E-state index in [1.807, 2.05) is 52.0 Å². The highest BCUT2D eigenvalue weighted by Gasteiger charge is 2.12. The van der Waals surface area contributed by atoms with Crippen molar-refractivity contribution in [2.75, 3.05) is 18.5 Å². The summed E-state index contributed by atoms with van der Waals surface area (Å²) < 4.78 is 11.1. The van der Waals surface area contributed by atoms with E-state index < -0.39 is 5.91 Å². The minimum Gasteiger partial charge on any atom is -0.490 e. The highest BCUT2D eigenvalue weighted by atomic mass is 16.5. The smallest absolute Gasteiger partial charge is 0.266 e. The molecule has 0 radical (unpaired) electrons. The third-order valence-corrected chi connectivity index (χ3v) is 3.87. The molecule has 0 unspecified atom stereocenters. The Balaban J connectivity index is 2.27. The Morgan fingerprint density at radius 1 is 1.07 bits per heavy atom. The van der Waals surface area contributed by atoms with Gasteiger partial charge in [0.1, 0.15) is 11.6 Å². The Bertz CT molecular complexity index is 895. The number of nitrogens with zero attached hydrogens (tertiary/aromatic N) is 1. The number of aryl methyl sites for hydroxylation is 2. The molecule has 0 aliphatic rings. The number of hydrogen-bond acceptors (Lipinski definition) is 4. The summed E-state index contributed by atoms with van der Waals surface area (Å²) in [6.07, 6.45) is 1.54. The highest BCUT2D eigenvalue weighted by Crippen LogP contribution is 2.29. The van der Waals surface area contributed by atoms with Crippen LogP contribution in [0.15, 0.2) is 42.0 Å². The van der Waals surface area contributed by atoms with E-state index in [0.717, 1.165) is 11.1 Å². The van der Waals surface area contributed by atoms with Gasteiger partial charge >= 0.3 is 0 Å². The average Bonchev–Trinajstić information content (AvgIpc) is 2.64. The normalized spacial score (nSPS) is 10.9. The van der Waals surface area contributed by atoms with Gasteiger partial charge in [0.25, 0.3) is 5.91 Å². The number of ether oxygens (including phenoxy) is 2. The lowest BCUT2D eigenvalue weighted by molar-refractivity contribution is -0.112. The molecule has 0 aliphatic carbocycles. The maximum Gasteiger partial charge on any atom is 0.266 e. The monoisotopic (exact) mass is 364 g/mol. The van der Waals surface area contributed by atoms with Gasteiger partial charge in [-0.1, -0.05) is 23.8 Å². The van der Waals surface area contributed by atoms with Gasteiger partial charge in [-0.15, -0.1) is 0 Å². The molecular weight excluding hydrogens is 340 g/mol. The fourth-order valence-electron chi connectivity index (χ4n) is 2.62. The zero-order valence-electron chi connectivity index (χ0n) is 16.1. The Labute approximate surface area is 160 Å². The second-order valence-electron chi connectivity index (χ2n) is 6.01. The predicted octanol–water partition coefficient (Wildman–Crippen LogP) is 4.65. The standard InChI is InChI=1S/C22H24N2O3/c1-5-26-20-10-8-17(13-21(20)27-6-2)12-18(14-23)22(25)24-19-9-7-15(3)11-16(19)4/h7-13H,5-6H2,1-4H3,(H,24,25). The van der Waals surface area contributed by atoms with E-state index in [2.05, 4.69) is 5.32 Å². The molecule has 0 fully saturated rings. The van der Waals surface area contributed by atoms with Crippen LogP contribution in [0.25, 0.3) is 6.08 Å². The Hall–Kier alpha value is -3.26. The Kier molecular flexibility index (Phi) is 7.01. The first-order valence-electron chi connectivity index (χ1n) is 8.88. The molecule has 0 spiro atoms. The number of benzene rings is 2. The van der Waals surface area contributed by atoms with Crippen molar-refractivity contribution < 1.29 is 14.3 Å². The molecule has 0 aromatic heterocycles. The summed E-state index contributed by atoms with van der Waals surface area (Å²) in [4.78, 5) is 12.5. The number of amides is 1. The Morgan fingerprint density at radius 3 is 2.41 bits per heavy atom. The van der Waals surface area contributed by atoms with E-state index >= 15 is 0 Å². The van der Waals surface area contributed by atoms with E-state index in [-0.39, 0.29) is 5.57 Å². The number of hydrogen-bond donors (Lipinski definition) is 1. The molecule has 5 heteroatoms. The lowest BCUT2D eigenvalue weighted by atomic mass is 10.1. The molecule has 0 heterocycles. The molecular formula is C22H24N2O3. The second kappa shape index (κ2) is 9.44. The molecule has 0 atom stereocenters. The van der Waals surface area contributed by atoms with Gasteiger partial charge < -0.3 is 14.8 Å². The van der Waals surface area contributed by atoms with Crippen LogP contribution in [0, 0.1) is 25.2 Å². The molecule has 1 amide bonds. The molecule has 2 rings (SSSR count). The molecule has 5 nitrogen and oxygen atoms in total. The first kappa shape index (κ1) is 20.1. The third kappa shape index (κ3) is 5.35. The topological polar surface area (TPSA) is 71.3 Å². The largest absolute Gasteiger partial charge is 0.490 e. The number of carbonyl (C=O) groups excluding carboxylic acids is 1. The maximum absolute atomic E-state index is 12.5. The third-order valence-electron chi connectivity index (χ3n) is 3.87. The summed E-state index contributed by atoms with van der Waals surface area (Å²) in [7, 11) is 0. The molecule has 1 N–H and O–H groups in total. The molecule has 140 valence electrons. The van der Waals surface area contributed by atoms with Gasteiger partial charge in [0.05, 0.1) is 13.2 Å². The van der Waals surface area contributed by atoms with Crippen LogP contribution < -0.4 is 14.8 Å². The van der Waals surface area contributed by atoms with Crippen LogP contribution in [0.5, 0.6) is 11.5 Å². The maximum atomic E-state index is 12.5. The van der Waals surface area contributed by atoms with Crippen LogP contribution in [-0.4, -0.2) is 19.1 Å². The number of carbonyl (C=O) groups is 1. The van der Waals surface area contributed by atoms with Gasteiger partial charge in [-0.25, -0.2) is 0 Å². The first-order chi connectivity index (χ1) is 13.0. The minimum absolute atomic E-state index is 0.0154. The summed E-state index contributed by atoms with van der Waals surface area (Å²) in [6.45, 7) is 8.70. The summed E-state index contributed by atoms with van der Waals surface area (Å²) in [5.41, 5.74) is 3.45. The molecule has 2 aromatic carbocycles. The molecule has 0 saturated carbocycles. The van der Waals surface area contributed by atoms with Crippen LogP contribution in [0.4, 0.5) is 5.69 Å². The van der Waals surface area contributed by atoms with Crippen molar-refractivity contribution in [1.82, 2.24) is 0 Å². The summed E-state index contributed by atoms with van der Waals surface area (Å²) >= 11 is 0. The predicted molar refractivity (Wildman–Crippen MR) is 107 cm³/mol. The Morgan fingerprint density at radius 2 is 1.78 bits per heavy atom. The minimum atomic E-state index is -0.448. The summed E-state index contributed by atoms with van der Waals surface area (Å²) in [5, 5.41) is 12.2. The van der Waals surface area contributed by atoms with Crippen molar-refractivity contribution >= 4 is 17.7 Å². The van der Waals surface area contributed by atoms with Gasteiger partial charge in [0.2, 0.25) is 0 Å². The summed E-state index contributed by atoms with van der Waals surface area (Å²) in [6, 6.07) is 13.0. The van der Waals surface area contributed by atoms with Crippen LogP contribution in [-0.2, 0) is 4.79 Å². The number of nitrogens with one attached hydrogen (secondary N) is 1. The van der Waals surface area contributed by atoms with Crippen molar-refractivity contribution in [3.63, 3.8) is 0 Å². The molecule has 0 aliphatic heterocycles. The van der Waals surface area contributed by atoms with Crippen molar-refractivity contribution in [2.45, 2.75) is 27.7 Å². The highest BCUT2D eigenvalue weighted by molar-refractivity contribution is 6.10. The molecule has 0 bridgehead atoms. The van der Waals surface area contributed by atoms with Gasteiger partial charge in [0.15, 0.2) is 11.5 Å². The lowest BCUT2D eigenvalue weighted by Gasteiger charge is -2.11. The van der Waals surface area contributed by atoms with Crippen molar-refractivity contribution in [1.29, 1.82) is 5.26 Å². The van der Waals surface area contributed by atoms with E-state index in [9.17, 15) is 10.1 Å². The lowest BCUT2D eigenvalue weighted by Crippen LogP contribution is -2.14. The van der Waals surface area contributed by atoms with Crippen LogP contribution >= 0.6 is 0 Å². The van der Waals surface area contributed by atoms with Crippen LogP contribution in [0.3, 0.4) is 0 Å². The van der Waals surface area contributed by atoms with E-state index in [1.54, 1.807) is 18.2 Å². The number of anilines is 1. The van der Waals surface area contributed by atoms with E-state index in [1.165, 1.54) is 6.08 Å². The van der Waals surface area contributed by atoms with E-state index in [4.69, 9.17) is 9.47 Å². The quantitative estimate of drug-likeness (QED) is 0.573. The zero-order valence-corrected chi connectivity index (χ0v) is 16.1. The van der Waals surface area contributed by atoms with Crippen molar-refractivity contribution in [2.24, 2.45) is 0 Å². The first-order valence-corrected chi connectivity index (χ1v) is 8.88. The second-order valence-corrected chi connectivity index (χ2v) is 6.01. The zero-order chi connectivity index (χ0) is 19.8. The van der Waals surface area contributed by atoms with Gasteiger partial charge in [-0.05, 0) is 63.1 Å². The van der Waals surface area contributed by atoms with Crippen LogP contribution in [0.2, 0.25) is 0 Å². The number of rotatable bonds is 7. The van der Waals surface area contributed by atoms with Gasteiger partial charge in [-0.2, -0.15) is 5.26 Å². The molecule has 0 saturated heterocycles. The fourth-order valence-corrected chi connectivity index (χ4v) is 2.62. The van der Waals surface area contributed by atoms with Crippen molar-refractivity contribution in [3.05, 3.63) is 58.7 Å². The number of nitriles is 1. The molecule has 2 aromatic rings. The average molecular weight is 364 g/mol. The fraction of sp³-hybridized carbons (Fsp3) is 0.273. The van der Waals surface area contributed by atoms with Gasteiger partial charge in [0, 0.05) is 5.69 Å². The van der Waals surface area contributed by atoms with Crippen LogP contribution in [0.1, 0.15) is 30.5 Å². The van der Waals surface area contributed by atoms with Gasteiger partial charge in [-0.3, -0.25) is 4.79 Å². The van der Waals surface area contributed by atoms with Crippen molar-refractivity contribution in [3.8, 4) is 17.6 Å². The SMILES string of the molecule is CCOc1ccc(C=C(C#N)C(=O)Nc2ccc(C)cc2C)cc1OCC. The summed E-state index contributed by atoms with van der Waals surface area (Å²) in [5.74, 6) is 0.770. The van der Waals surface area contributed by atoms with E-state index in [0.29, 0.717) is 36.0 Å². The molecule has 27 heavy (non-hydrogen) atoms.